The minimum Gasteiger partial charge on any atom is -0.383 e. The summed E-state index contributed by atoms with van der Waals surface area (Å²) in [5.74, 6) is -0.978. The summed E-state index contributed by atoms with van der Waals surface area (Å²) < 4.78 is 19.3. The van der Waals surface area contributed by atoms with Crippen LogP contribution in [0.15, 0.2) is 12.1 Å². The van der Waals surface area contributed by atoms with Crippen molar-refractivity contribution in [2.24, 2.45) is 0 Å². The molecule has 20 heavy (non-hydrogen) atoms. The van der Waals surface area contributed by atoms with Gasteiger partial charge in [0.15, 0.2) is 6.10 Å². The van der Waals surface area contributed by atoms with Crippen LogP contribution in [0.2, 0.25) is 0 Å². The fourth-order valence-corrected chi connectivity index (χ4v) is 2.32. The molecule has 0 radical (unpaired) electrons. The first-order valence-electron chi connectivity index (χ1n) is 6.53. The van der Waals surface area contributed by atoms with E-state index < -0.39 is 17.8 Å². The zero-order chi connectivity index (χ0) is 14.9. The molecule has 1 atom stereocenters. The summed E-state index contributed by atoms with van der Waals surface area (Å²) in [4.78, 5) is 13.3. The zero-order valence-corrected chi connectivity index (χ0v) is 11.8. The fourth-order valence-electron chi connectivity index (χ4n) is 2.32. The number of nitrogens with one attached hydrogen (secondary N) is 1. The third-order valence-electron chi connectivity index (χ3n) is 3.39. The largest absolute Gasteiger partial charge is 0.383 e. The smallest absolute Gasteiger partial charge is 0.257 e. The number of carbonyl (C=O) groups is 1. The molecule has 1 aliphatic rings. The molecule has 2 N–H and O–H groups in total. The Bertz CT molecular complexity index is 519. The number of aliphatic hydroxyl groups is 1. The maximum atomic E-state index is 14.3. The maximum Gasteiger partial charge on any atom is 0.257 e. The number of methoxy groups -OCH3 is 1. The molecule has 0 saturated carbocycles. The Morgan fingerprint density at radius 1 is 1.50 bits per heavy atom. The molecule has 0 aromatic heterocycles. The summed E-state index contributed by atoms with van der Waals surface area (Å²) in [6.07, 6.45) is -1.29. The van der Waals surface area contributed by atoms with E-state index in [0.717, 1.165) is 0 Å². The monoisotopic (exact) mass is 282 g/mol. The molecule has 0 bridgehead atoms. The van der Waals surface area contributed by atoms with Gasteiger partial charge in [-0.3, -0.25) is 4.79 Å². The molecular weight excluding hydrogens is 263 g/mol. The van der Waals surface area contributed by atoms with Crippen LogP contribution in [0.25, 0.3) is 0 Å². The number of hydrogen-bond donors (Lipinski definition) is 2. The van der Waals surface area contributed by atoms with Crippen LogP contribution >= 0.6 is 0 Å². The summed E-state index contributed by atoms with van der Waals surface area (Å²) >= 11 is 0. The first-order valence-corrected chi connectivity index (χ1v) is 6.53. The Kier molecular flexibility index (Phi) is 4.25. The lowest BCUT2D eigenvalue weighted by Gasteiger charge is -2.29. The van der Waals surface area contributed by atoms with E-state index in [-0.39, 0.29) is 11.6 Å². The van der Waals surface area contributed by atoms with Gasteiger partial charge in [-0.1, -0.05) is 0 Å². The van der Waals surface area contributed by atoms with Gasteiger partial charge in [0.1, 0.15) is 5.82 Å². The quantitative estimate of drug-likeness (QED) is 0.862. The Morgan fingerprint density at radius 2 is 2.20 bits per heavy atom. The van der Waals surface area contributed by atoms with Gasteiger partial charge in [0.2, 0.25) is 0 Å². The highest BCUT2D eigenvalue weighted by Crippen LogP contribution is 2.36. The van der Waals surface area contributed by atoms with Crippen LogP contribution < -0.4 is 10.2 Å². The third-order valence-corrected chi connectivity index (χ3v) is 3.39. The number of ether oxygens (including phenoxy) is 1. The summed E-state index contributed by atoms with van der Waals surface area (Å²) in [5, 5.41) is 12.2. The zero-order valence-electron chi connectivity index (χ0n) is 11.8. The lowest BCUT2D eigenvalue weighted by Crippen LogP contribution is -2.34. The molecule has 0 fully saturated rings. The third kappa shape index (κ3) is 2.62. The number of aliphatic hydroxyl groups excluding tert-OH is 1. The molecule has 5 nitrogen and oxygen atoms in total. The van der Waals surface area contributed by atoms with Crippen molar-refractivity contribution in [2.45, 2.75) is 26.0 Å². The highest BCUT2D eigenvalue weighted by atomic mass is 19.1. The molecule has 1 aromatic rings. The molecule has 0 saturated heterocycles. The lowest BCUT2D eigenvalue weighted by molar-refractivity contribution is -0.123. The van der Waals surface area contributed by atoms with Crippen LogP contribution in [0, 0.1) is 5.82 Å². The molecule has 1 amide bonds. The number of carbonyl (C=O) groups excluding carboxylic acids is 1. The standard InChI is InChI=1S/C14H19FN2O3/c1-8(2)17(4-5-20-3)12-7-11-9(6-10(12)15)13(18)14(19)16-11/h6-8,13,18H,4-5H2,1-3H3,(H,16,19). The molecular formula is C14H19FN2O3. The van der Waals surface area contributed by atoms with Crippen molar-refractivity contribution in [3.05, 3.63) is 23.5 Å². The molecule has 2 rings (SSSR count). The van der Waals surface area contributed by atoms with Gasteiger partial charge in [-0.2, -0.15) is 0 Å². The minimum atomic E-state index is -1.29. The predicted molar refractivity (Wildman–Crippen MR) is 74.3 cm³/mol. The first-order chi connectivity index (χ1) is 9.45. The van der Waals surface area contributed by atoms with Crippen molar-refractivity contribution in [3.8, 4) is 0 Å². The maximum absolute atomic E-state index is 14.3. The van der Waals surface area contributed by atoms with Gasteiger partial charge in [-0.05, 0) is 26.0 Å². The van der Waals surface area contributed by atoms with Crippen molar-refractivity contribution in [2.75, 3.05) is 30.5 Å². The van der Waals surface area contributed by atoms with Crippen molar-refractivity contribution in [3.63, 3.8) is 0 Å². The molecule has 6 heteroatoms. The minimum absolute atomic E-state index is 0.0831. The van der Waals surface area contributed by atoms with Gasteiger partial charge >= 0.3 is 0 Å². The van der Waals surface area contributed by atoms with E-state index in [1.54, 1.807) is 13.2 Å². The van der Waals surface area contributed by atoms with Gasteiger partial charge in [0.25, 0.3) is 5.91 Å². The number of nitrogens with zero attached hydrogens (tertiary/aromatic N) is 1. The predicted octanol–water partition coefficient (Wildman–Crippen LogP) is 1.67. The van der Waals surface area contributed by atoms with E-state index in [2.05, 4.69) is 5.32 Å². The van der Waals surface area contributed by atoms with E-state index in [4.69, 9.17) is 4.74 Å². The molecule has 1 heterocycles. The Labute approximate surface area is 117 Å². The topological polar surface area (TPSA) is 61.8 Å². The molecule has 1 unspecified atom stereocenters. The van der Waals surface area contributed by atoms with Crippen LogP contribution in [0.5, 0.6) is 0 Å². The van der Waals surface area contributed by atoms with Gasteiger partial charge in [-0.15, -0.1) is 0 Å². The SMILES string of the molecule is COCCN(c1cc2c(cc1F)C(O)C(=O)N2)C(C)C. The Hall–Kier alpha value is -1.66. The first kappa shape index (κ1) is 14.7. The summed E-state index contributed by atoms with van der Waals surface area (Å²) in [6.45, 7) is 4.93. The van der Waals surface area contributed by atoms with Crippen LogP contribution in [0.1, 0.15) is 25.5 Å². The Balaban J connectivity index is 2.37. The van der Waals surface area contributed by atoms with Crippen LogP contribution in [0.3, 0.4) is 0 Å². The molecule has 0 spiro atoms. The second kappa shape index (κ2) is 5.76. The van der Waals surface area contributed by atoms with E-state index in [1.165, 1.54) is 6.07 Å². The Morgan fingerprint density at radius 3 is 2.80 bits per heavy atom. The van der Waals surface area contributed by atoms with Crippen LogP contribution in [-0.4, -0.2) is 37.3 Å². The highest BCUT2D eigenvalue weighted by molar-refractivity contribution is 6.02. The summed E-state index contributed by atoms with van der Waals surface area (Å²) in [6, 6.07) is 2.86. The molecule has 110 valence electrons. The van der Waals surface area contributed by atoms with E-state index in [1.807, 2.05) is 18.7 Å². The summed E-state index contributed by atoms with van der Waals surface area (Å²) in [5.41, 5.74) is 1.14. The van der Waals surface area contributed by atoms with Crippen molar-refractivity contribution >= 4 is 17.3 Å². The lowest BCUT2D eigenvalue weighted by atomic mass is 10.1. The highest BCUT2D eigenvalue weighted by Gasteiger charge is 2.31. The van der Waals surface area contributed by atoms with E-state index in [9.17, 15) is 14.3 Å². The molecule has 1 aromatic carbocycles. The second-order valence-electron chi connectivity index (χ2n) is 5.06. The average molecular weight is 282 g/mol. The number of rotatable bonds is 5. The fraction of sp³-hybridized carbons (Fsp3) is 0.500. The van der Waals surface area contributed by atoms with Crippen LogP contribution in [-0.2, 0) is 9.53 Å². The number of benzene rings is 1. The van der Waals surface area contributed by atoms with Crippen LogP contribution in [0.4, 0.5) is 15.8 Å². The molecule has 1 aliphatic heterocycles. The van der Waals surface area contributed by atoms with Crippen molar-refractivity contribution in [1.82, 2.24) is 0 Å². The van der Waals surface area contributed by atoms with E-state index in [0.29, 0.717) is 24.5 Å². The normalized spacial score (nSPS) is 17.3. The number of hydrogen-bond acceptors (Lipinski definition) is 4. The van der Waals surface area contributed by atoms with Gasteiger partial charge in [0.05, 0.1) is 12.3 Å². The number of anilines is 2. The van der Waals surface area contributed by atoms with Gasteiger partial charge in [0, 0.05) is 30.9 Å². The van der Waals surface area contributed by atoms with E-state index >= 15 is 0 Å². The second-order valence-corrected chi connectivity index (χ2v) is 5.06. The average Bonchev–Trinajstić information content (AvgIpc) is 2.66. The number of halogens is 1. The van der Waals surface area contributed by atoms with Gasteiger partial charge < -0.3 is 20.1 Å². The van der Waals surface area contributed by atoms with Crippen molar-refractivity contribution < 1.29 is 19.0 Å². The summed E-state index contributed by atoms with van der Waals surface area (Å²) in [7, 11) is 1.59. The van der Waals surface area contributed by atoms with Gasteiger partial charge in [-0.25, -0.2) is 4.39 Å². The number of amides is 1. The molecule has 0 aliphatic carbocycles. The number of fused-ring (bicyclic) bond motifs is 1. The van der Waals surface area contributed by atoms with Crippen molar-refractivity contribution in [1.29, 1.82) is 0 Å².